The van der Waals surface area contributed by atoms with Gasteiger partial charge in [0.1, 0.15) is 5.82 Å². The lowest BCUT2D eigenvalue weighted by atomic mass is 10.1. The zero-order valence-corrected chi connectivity index (χ0v) is 12.4. The molecule has 0 spiro atoms. The molecule has 0 aliphatic carbocycles. The van der Waals surface area contributed by atoms with E-state index in [1.54, 1.807) is 12.1 Å². The van der Waals surface area contributed by atoms with Crippen LogP contribution in [0.3, 0.4) is 0 Å². The van der Waals surface area contributed by atoms with Crippen LogP contribution in [0.25, 0.3) is 0 Å². The van der Waals surface area contributed by atoms with E-state index in [2.05, 4.69) is 10.3 Å². The van der Waals surface area contributed by atoms with Gasteiger partial charge in [-0.25, -0.2) is 9.37 Å². The largest absolute Gasteiger partial charge is 0.348 e. The van der Waals surface area contributed by atoms with Crippen LogP contribution in [0.4, 0.5) is 10.3 Å². The molecule has 1 atom stereocenters. The molecule has 2 aromatic rings. The first kappa shape index (κ1) is 14.5. The Labute approximate surface area is 119 Å². The molecule has 108 valence electrons. The highest BCUT2D eigenvalue weighted by atomic mass is 19.1. The fourth-order valence-electron chi connectivity index (χ4n) is 2.17. The van der Waals surface area contributed by atoms with Crippen molar-refractivity contribution in [1.29, 1.82) is 0 Å². The summed E-state index contributed by atoms with van der Waals surface area (Å²) >= 11 is 0. The summed E-state index contributed by atoms with van der Waals surface area (Å²) in [5.74, 6) is 0.715. The highest BCUT2D eigenvalue weighted by Crippen LogP contribution is 2.15. The zero-order chi connectivity index (χ0) is 14.7. The second-order valence-corrected chi connectivity index (χ2v) is 5.16. The second kappa shape index (κ2) is 6.05. The van der Waals surface area contributed by atoms with Crippen LogP contribution in [0.1, 0.15) is 24.2 Å². The molecule has 0 fully saturated rings. The molecule has 4 nitrogen and oxygen atoms in total. The summed E-state index contributed by atoms with van der Waals surface area (Å²) in [6.07, 6.45) is 1.86. The van der Waals surface area contributed by atoms with Gasteiger partial charge in [-0.05, 0) is 24.6 Å². The normalized spacial score (nSPS) is 12.4. The molecule has 20 heavy (non-hydrogen) atoms. The molecule has 0 saturated carbocycles. The maximum atomic E-state index is 13.2. The first-order chi connectivity index (χ1) is 9.49. The van der Waals surface area contributed by atoms with Gasteiger partial charge in [-0.2, -0.15) is 0 Å². The lowest BCUT2D eigenvalue weighted by molar-refractivity contribution is 0.551. The molecule has 1 aromatic heterocycles. The van der Waals surface area contributed by atoms with E-state index in [0.29, 0.717) is 6.54 Å². The molecule has 1 aromatic carbocycles. The molecule has 0 unspecified atom stereocenters. The van der Waals surface area contributed by atoms with E-state index in [1.807, 2.05) is 49.8 Å². The summed E-state index contributed by atoms with van der Waals surface area (Å²) in [6.45, 7) is 2.72. The Kier molecular flexibility index (Phi) is 4.39. The van der Waals surface area contributed by atoms with Gasteiger partial charge in [0.05, 0.1) is 11.9 Å². The Balaban J connectivity index is 2.02. The minimum absolute atomic E-state index is 0.0865. The van der Waals surface area contributed by atoms with E-state index in [1.165, 1.54) is 6.07 Å². The topological polar surface area (TPSA) is 33.1 Å². The third-order valence-electron chi connectivity index (χ3n) is 3.40. The van der Waals surface area contributed by atoms with Crippen molar-refractivity contribution in [1.82, 2.24) is 14.9 Å². The molecular weight excluding hydrogens is 255 g/mol. The number of nitrogens with zero attached hydrogens (tertiary/aromatic N) is 3. The maximum Gasteiger partial charge on any atom is 0.204 e. The van der Waals surface area contributed by atoms with Gasteiger partial charge in [0, 0.05) is 33.7 Å². The van der Waals surface area contributed by atoms with Crippen LogP contribution in [-0.4, -0.2) is 23.6 Å². The zero-order valence-electron chi connectivity index (χ0n) is 12.4. The number of hydrogen-bond acceptors (Lipinski definition) is 3. The molecule has 2 rings (SSSR count). The van der Waals surface area contributed by atoms with Gasteiger partial charge in [0.2, 0.25) is 5.95 Å². The number of anilines is 1. The lowest BCUT2D eigenvalue weighted by Gasteiger charge is -2.16. The lowest BCUT2D eigenvalue weighted by Crippen LogP contribution is -2.21. The smallest absolute Gasteiger partial charge is 0.204 e. The third kappa shape index (κ3) is 3.17. The van der Waals surface area contributed by atoms with Crippen molar-refractivity contribution in [3.8, 4) is 0 Å². The Morgan fingerprint density at radius 1 is 1.40 bits per heavy atom. The molecule has 1 N–H and O–H groups in total. The minimum atomic E-state index is -0.202. The van der Waals surface area contributed by atoms with E-state index < -0.39 is 0 Å². The maximum absolute atomic E-state index is 13.2. The van der Waals surface area contributed by atoms with Gasteiger partial charge in [0.15, 0.2) is 0 Å². The Morgan fingerprint density at radius 2 is 2.15 bits per heavy atom. The number of benzene rings is 1. The quantitative estimate of drug-likeness (QED) is 0.910. The van der Waals surface area contributed by atoms with Crippen molar-refractivity contribution >= 4 is 5.95 Å². The highest BCUT2D eigenvalue weighted by molar-refractivity contribution is 5.31. The van der Waals surface area contributed by atoms with Gasteiger partial charge in [-0.1, -0.05) is 12.1 Å². The Hall–Kier alpha value is -1.88. The van der Waals surface area contributed by atoms with Crippen molar-refractivity contribution in [3.63, 3.8) is 0 Å². The molecule has 1 heterocycles. The predicted octanol–water partition coefficient (Wildman–Crippen LogP) is 2.48. The average Bonchev–Trinajstić information content (AvgIpc) is 2.77. The number of imidazole rings is 1. The van der Waals surface area contributed by atoms with Crippen LogP contribution in [0.2, 0.25) is 0 Å². The van der Waals surface area contributed by atoms with Gasteiger partial charge >= 0.3 is 0 Å². The number of nitrogens with one attached hydrogen (secondary N) is 1. The van der Waals surface area contributed by atoms with Crippen molar-refractivity contribution in [2.75, 3.05) is 19.0 Å². The molecular formula is C15H21FN4. The van der Waals surface area contributed by atoms with Crippen LogP contribution in [0.5, 0.6) is 0 Å². The number of rotatable bonds is 5. The van der Waals surface area contributed by atoms with Gasteiger partial charge in [0.25, 0.3) is 0 Å². The number of halogens is 1. The standard InChI is InChI=1S/C15H21FN4/c1-11(12-6-5-7-13(16)8-12)17-9-14-10-18-15(19(2)3)20(14)4/h5-8,10-11,17H,9H2,1-4H3/t11-/m0/s1. The van der Waals surface area contributed by atoms with E-state index >= 15 is 0 Å². The number of hydrogen-bond donors (Lipinski definition) is 1. The van der Waals surface area contributed by atoms with Crippen LogP contribution in [0.15, 0.2) is 30.5 Å². The summed E-state index contributed by atoms with van der Waals surface area (Å²) in [4.78, 5) is 6.34. The Bertz CT molecular complexity index is 577. The van der Waals surface area contributed by atoms with Crippen molar-refractivity contribution in [3.05, 3.63) is 47.5 Å². The van der Waals surface area contributed by atoms with E-state index in [4.69, 9.17) is 0 Å². The van der Waals surface area contributed by atoms with Crippen LogP contribution < -0.4 is 10.2 Å². The van der Waals surface area contributed by atoms with Crippen molar-refractivity contribution in [2.24, 2.45) is 7.05 Å². The Morgan fingerprint density at radius 3 is 2.75 bits per heavy atom. The molecule has 0 bridgehead atoms. The molecule has 0 aliphatic heterocycles. The molecule has 0 amide bonds. The first-order valence-electron chi connectivity index (χ1n) is 6.66. The monoisotopic (exact) mass is 276 g/mol. The fourth-order valence-corrected chi connectivity index (χ4v) is 2.17. The van der Waals surface area contributed by atoms with E-state index in [-0.39, 0.29) is 11.9 Å². The molecule has 0 saturated heterocycles. The summed E-state index contributed by atoms with van der Waals surface area (Å²) in [5.41, 5.74) is 2.04. The van der Waals surface area contributed by atoms with Crippen molar-refractivity contribution < 1.29 is 4.39 Å². The third-order valence-corrected chi connectivity index (χ3v) is 3.40. The van der Waals surface area contributed by atoms with Gasteiger partial charge in [-0.3, -0.25) is 0 Å². The summed E-state index contributed by atoms with van der Waals surface area (Å²) in [6, 6.07) is 6.77. The summed E-state index contributed by atoms with van der Waals surface area (Å²) in [5, 5.41) is 3.39. The molecule has 0 radical (unpaired) electrons. The second-order valence-electron chi connectivity index (χ2n) is 5.16. The number of aromatic nitrogens is 2. The van der Waals surface area contributed by atoms with E-state index in [9.17, 15) is 4.39 Å². The average molecular weight is 276 g/mol. The highest BCUT2D eigenvalue weighted by Gasteiger charge is 2.10. The first-order valence-corrected chi connectivity index (χ1v) is 6.66. The van der Waals surface area contributed by atoms with Crippen LogP contribution >= 0.6 is 0 Å². The molecule has 0 aliphatic rings. The predicted molar refractivity (Wildman–Crippen MR) is 79.2 cm³/mol. The molecule has 5 heteroatoms. The van der Waals surface area contributed by atoms with Gasteiger partial charge < -0.3 is 14.8 Å². The minimum Gasteiger partial charge on any atom is -0.348 e. The van der Waals surface area contributed by atoms with Crippen LogP contribution in [0, 0.1) is 5.82 Å². The SMILES string of the molecule is C[C@H](NCc1cnc(N(C)C)n1C)c1cccc(F)c1. The van der Waals surface area contributed by atoms with Gasteiger partial charge in [-0.15, -0.1) is 0 Å². The summed E-state index contributed by atoms with van der Waals surface area (Å²) < 4.78 is 15.2. The summed E-state index contributed by atoms with van der Waals surface area (Å²) in [7, 11) is 5.93. The van der Waals surface area contributed by atoms with Crippen LogP contribution in [-0.2, 0) is 13.6 Å². The fraction of sp³-hybridized carbons (Fsp3) is 0.400. The van der Waals surface area contributed by atoms with E-state index in [0.717, 1.165) is 17.2 Å². The van der Waals surface area contributed by atoms with Crippen molar-refractivity contribution in [2.45, 2.75) is 19.5 Å².